The summed E-state index contributed by atoms with van der Waals surface area (Å²) in [4.78, 5) is 23.5. The van der Waals surface area contributed by atoms with Crippen molar-refractivity contribution in [3.63, 3.8) is 0 Å². The summed E-state index contributed by atoms with van der Waals surface area (Å²) in [6.45, 7) is 3.24. The fraction of sp³-hybridized carbons (Fsp3) is 0.308. The van der Waals surface area contributed by atoms with Crippen LogP contribution in [0.25, 0.3) is 0 Å². The number of nitrogens with one attached hydrogen (secondary N) is 2. The van der Waals surface area contributed by atoms with Gasteiger partial charge in [0.25, 0.3) is 0 Å². The van der Waals surface area contributed by atoms with Gasteiger partial charge in [0.1, 0.15) is 5.82 Å². The number of hydrogen-bond donors (Lipinski definition) is 2. The van der Waals surface area contributed by atoms with Gasteiger partial charge in [-0.05, 0) is 38.2 Å². The highest BCUT2D eigenvalue weighted by molar-refractivity contribution is 7.71. The highest BCUT2D eigenvalue weighted by atomic mass is 35.5. The van der Waals surface area contributed by atoms with Gasteiger partial charge in [0.05, 0.1) is 23.2 Å². The van der Waals surface area contributed by atoms with E-state index in [0.717, 1.165) is 10.6 Å². The molecule has 0 atom stereocenters. The van der Waals surface area contributed by atoms with E-state index in [1.165, 1.54) is 6.07 Å². The van der Waals surface area contributed by atoms with E-state index in [0.29, 0.717) is 0 Å². The summed E-state index contributed by atoms with van der Waals surface area (Å²) in [5.41, 5.74) is -0.378. The van der Waals surface area contributed by atoms with Crippen LogP contribution >= 0.6 is 23.8 Å². The van der Waals surface area contributed by atoms with E-state index in [1.54, 1.807) is 13.8 Å². The first-order chi connectivity index (χ1) is 10.3. The van der Waals surface area contributed by atoms with Gasteiger partial charge >= 0.3 is 11.7 Å². The van der Waals surface area contributed by atoms with E-state index >= 15 is 0 Å². The molecule has 0 radical (unpaired) electrons. The molecular formula is C13H13ClFN3O3S. The maximum Gasteiger partial charge on any atom is 0.342 e. The van der Waals surface area contributed by atoms with Crippen LogP contribution in [0.5, 0.6) is 0 Å². The molecule has 0 saturated carbocycles. The van der Waals surface area contributed by atoms with Crippen molar-refractivity contribution >= 4 is 29.8 Å². The number of ether oxygens (including phenoxy) is 1. The molecule has 0 aliphatic heterocycles. The Hall–Kier alpha value is -1.93. The summed E-state index contributed by atoms with van der Waals surface area (Å²) in [6, 6.07) is 2.27. The molecule has 0 bridgehead atoms. The lowest BCUT2D eigenvalue weighted by Crippen LogP contribution is -2.19. The van der Waals surface area contributed by atoms with Crippen molar-refractivity contribution < 1.29 is 13.9 Å². The summed E-state index contributed by atoms with van der Waals surface area (Å²) < 4.78 is 20.3. The van der Waals surface area contributed by atoms with Gasteiger partial charge < -0.3 is 4.74 Å². The van der Waals surface area contributed by atoms with Crippen LogP contribution in [-0.4, -0.2) is 26.8 Å². The van der Waals surface area contributed by atoms with Gasteiger partial charge in [0, 0.05) is 5.56 Å². The summed E-state index contributed by atoms with van der Waals surface area (Å²) >= 11 is 10.8. The molecule has 0 spiro atoms. The molecule has 0 aliphatic carbocycles. The standard InChI is InChI=1S/C13H13ClFN3O3S/c1-6(2)21-11(19)8-3-7(10(15)4-9(8)14)5-18-12(20)16-17-13(18)22/h3-4,6H,5H2,1-2H3,(H,16,20)(H,17,22). The zero-order chi connectivity index (χ0) is 16.4. The van der Waals surface area contributed by atoms with E-state index < -0.39 is 17.5 Å². The predicted octanol–water partition coefficient (Wildman–Crippen LogP) is 2.64. The minimum atomic E-state index is -0.659. The van der Waals surface area contributed by atoms with Gasteiger partial charge in [-0.15, -0.1) is 0 Å². The van der Waals surface area contributed by atoms with Crippen LogP contribution in [0.4, 0.5) is 4.39 Å². The number of carbonyl (C=O) groups is 1. The molecular weight excluding hydrogens is 333 g/mol. The molecule has 118 valence electrons. The molecule has 0 aliphatic rings. The normalized spacial score (nSPS) is 11.0. The monoisotopic (exact) mass is 345 g/mol. The van der Waals surface area contributed by atoms with Crippen LogP contribution in [0.3, 0.4) is 0 Å². The number of aromatic amines is 2. The molecule has 0 fully saturated rings. The average molecular weight is 346 g/mol. The number of halogens is 2. The third kappa shape index (κ3) is 3.45. The lowest BCUT2D eigenvalue weighted by Gasteiger charge is -2.11. The third-order valence-corrected chi connectivity index (χ3v) is 3.43. The topological polar surface area (TPSA) is 79.9 Å². The molecule has 1 aromatic carbocycles. The van der Waals surface area contributed by atoms with Crippen LogP contribution < -0.4 is 5.69 Å². The molecule has 2 aromatic rings. The Morgan fingerprint density at radius 1 is 1.45 bits per heavy atom. The largest absolute Gasteiger partial charge is 0.459 e. The lowest BCUT2D eigenvalue weighted by molar-refractivity contribution is 0.0378. The third-order valence-electron chi connectivity index (χ3n) is 2.79. The van der Waals surface area contributed by atoms with Crippen molar-refractivity contribution in [2.75, 3.05) is 0 Å². The Balaban J connectivity index is 2.43. The summed E-state index contributed by atoms with van der Waals surface area (Å²) in [7, 11) is 0. The molecule has 0 saturated heterocycles. The molecule has 1 heterocycles. The van der Waals surface area contributed by atoms with E-state index in [2.05, 4.69) is 10.2 Å². The maximum absolute atomic E-state index is 14.0. The predicted molar refractivity (Wildman–Crippen MR) is 81.3 cm³/mol. The van der Waals surface area contributed by atoms with Gasteiger partial charge in [-0.1, -0.05) is 11.6 Å². The van der Waals surface area contributed by atoms with E-state index in [-0.39, 0.29) is 33.6 Å². The second-order valence-electron chi connectivity index (χ2n) is 4.82. The van der Waals surface area contributed by atoms with Gasteiger partial charge in [-0.3, -0.25) is 9.67 Å². The van der Waals surface area contributed by atoms with Crippen LogP contribution in [0, 0.1) is 10.6 Å². The van der Waals surface area contributed by atoms with Crippen molar-refractivity contribution in [2.24, 2.45) is 0 Å². The Morgan fingerprint density at radius 2 is 2.14 bits per heavy atom. The average Bonchev–Trinajstić information content (AvgIpc) is 2.72. The number of esters is 1. The SMILES string of the molecule is CC(C)OC(=O)c1cc(Cn2c(=O)[nH][nH]c2=S)c(F)cc1Cl. The highest BCUT2D eigenvalue weighted by Crippen LogP contribution is 2.22. The van der Waals surface area contributed by atoms with Gasteiger partial charge in [0.15, 0.2) is 4.77 Å². The Bertz CT molecular complexity index is 797. The molecule has 0 unspecified atom stereocenters. The van der Waals surface area contributed by atoms with Crippen LogP contribution in [0.1, 0.15) is 29.8 Å². The van der Waals surface area contributed by atoms with Crippen molar-refractivity contribution in [1.29, 1.82) is 0 Å². The molecule has 1 aromatic heterocycles. The molecule has 0 amide bonds. The number of hydrogen-bond acceptors (Lipinski definition) is 4. The number of aromatic nitrogens is 3. The quantitative estimate of drug-likeness (QED) is 0.659. The molecule has 6 nitrogen and oxygen atoms in total. The Labute approximate surface area is 134 Å². The first-order valence-electron chi connectivity index (χ1n) is 6.36. The van der Waals surface area contributed by atoms with Crippen molar-refractivity contribution in [1.82, 2.24) is 14.8 Å². The Kier molecular flexibility index (Phi) is 4.82. The molecule has 22 heavy (non-hydrogen) atoms. The first-order valence-corrected chi connectivity index (χ1v) is 7.14. The van der Waals surface area contributed by atoms with Crippen molar-refractivity contribution in [3.8, 4) is 0 Å². The fourth-order valence-corrected chi connectivity index (χ4v) is 2.22. The second kappa shape index (κ2) is 6.45. The smallest absolute Gasteiger partial charge is 0.342 e. The molecule has 9 heteroatoms. The van der Waals surface area contributed by atoms with Crippen molar-refractivity contribution in [3.05, 3.63) is 49.4 Å². The van der Waals surface area contributed by atoms with Crippen molar-refractivity contribution in [2.45, 2.75) is 26.5 Å². The van der Waals surface area contributed by atoms with E-state index in [4.69, 9.17) is 28.6 Å². The zero-order valence-corrected chi connectivity index (χ0v) is 13.3. The summed E-state index contributed by atoms with van der Waals surface area (Å²) in [5.74, 6) is -1.30. The number of carbonyl (C=O) groups excluding carboxylic acids is 1. The number of nitrogens with zero attached hydrogens (tertiary/aromatic N) is 1. The number of rotatable bonds is 4. The maximum atomic E-state index is 14.0. The molecule has 2 rings (SSSR count). The molecule has 2 N–H and O–H groups in total. The van der Waals surface area contributed by atoms with Crippen LogP contribution in [0.15, 0.2) is 16.9 Å². The number of H-pyrrole nitrogens is 2. The van der Waals surface area contributed by atoms with Gasteiger partial charge in [-0.2, -0.15) is 0 Å². The fourth-order valence-electron chi connectivity index (χ4n) is 1.80. The first kappa shape index (κ1) is 16.4. The minimum Gasteiger partial charge on any atom is -0.459 e. The Morgan fingerprint density at radius 3 is 2.68 bits per heavy atom. The van der Waals surface area contributed by atoms with Gasteiger partial charge in [-0.25, -0.2) is 19.1 Å². The minimum absolute atomic E-state index is 0.0326. The second-order valence-corrected chi connectivity index (χ2v) is 5.62. The number of benzene rings is 1. The highest BCUT2D eigenvalue weighted by Gasteiger charge is 2.18. The van der Waals surface area contributed by atoms with E-state index in [9.17, 15) is 14.0 Å². The zero-order valence-electron chi connectivity index (χ0n) is 11.8. The summed E-state index contributed by atoms with van der Waals surface area (Å²) in [5, 5.41) is 4.68. The van der Waals surface area contributed by atoms with Crippen LogP contribution in [-0.2, 0) is 11.3 Å². The lowest BCUT2D eigenvalue weighted by atomic mass is 10.1. The van der Waals surface area contributed by atoms with Gasteiger partial charge in [0.2, 0.25) is 0 Å². The summed E-state index contributed by atoms with van der Waals surface area (Å²) in [6.07, 6.45) is -0.335. The van der Waals surface area contributed by atoms with Crippen LogP contribution in [0.2, 0.25) is 5.02 Å². The van der Waals surface area contributed by atoms with E-state index in [1.807, 2.05) is 0 Å².